The van der Waals surface area contributed by atoms with Gasteiger partial charge in [0.25, 0.3) is 0 Å². The molecule has 0 radical (unpaired) electrons. The second-order valence-electron chi connectivity index (χ2n) is 26.8. The van der Waals surface area contributed by atoms with Gasteiger partial charge < -0.3 is 139 Å². The van der Waals surface area contributed by atoms with E-state index in [4.69, 9.17) is 56.8 Å². The number of aliphatic hydroxyl groups is 16. The Bertz CT molecular complexity index is 2250. The Hall–Kier alpha value is -1.38. The van der Waals surface area contributed by atoms with Crippen LogP contribution in [0.25, 0.3) is 0 Å². The lowest BCUT2D eigenvalue weighted by molar-refractivity contribution is -0.396. The highest BCUT2D eigenvalue weighted by Gasteiger charge is 2.69. The Morgan fingerprint density at radius 2 is 1.10 bits per heavy atom. The van der Waals surface area contributed by atoms with Crippen LogP contribution >= 0.6 is 0 Å². The van der Waals surface area contributed by atoms with Crippen molar-refractivity contribution in [1.82, 2.24) is 0 Å². The Morgan fingerprint density at radius 3 is 1.73 bits per heavy atom. The third kappa shape index (κ3) is 12.2. The molecule has 9 fully saturated rings. The lowest BCUT2D eigenvalue weighted by Crippen LogP contribution is -2.68. The number of ether oxygens (including phenoxy) is 12. The zero-order valence-electron chi connectivity index (χ0n) is 49.6. The van der Waals surface area contributed by atoms with Gasteiger partial charge in [0.05, 0.1) is 51.3 Å². The predicted molar refractivity (Wildman–Crippen MR) is 288 cm³/mol. The lowest BCUT2D eigenvalue weighted by Gasteiger charge is -2.58. The van der Waals surface area contributed by atoms with Gasteiger partial charge in [-0.25, -0.2) is 0 Å². The van der Waals surface area contributed by atoms with Crippen molar-refractivity contribution in [3.05, 3.63) is 11.6 Å². The van der Waals surface area contributed by atoms with Crippen LogP contribution in [0, 0.1) is 46.3 Å². The SMILES string of the molecule is CO[C@]1(CC[C@H](C)CO[C@H]2O[C@@H](CO)[C@H](O)[C@@H](O)[C@@H]2O)O[C@H]2C[C@H]3[C@@H]4CC=C5C[C@H](O[C@H]6O[C@@H](CO)[C@H](O[C@H]7O[C@@H](CO)[C@H](O)[C@@H](O[C@H]8O[C@@H](CO)[C@H](O)[C@@H](O)[C@@H]8O)[C@@H]7O)[C@@H](O)[C@@H]6O[C@H]6O[C@@H](C)[C@H](O)[C@@H](O)[C@@H]6O)CC[C@@]5(C)[C@H]4CC[C@@]3(C)[C@H]2[C@@H]1C. The maximum atomic E-state index is 12.4. The molecule has 496 valence electrons. The smallest absolute Gasteiger partial charge is 0.187 e. The van der Waals surface area contributed by atoms with E-state index < -0.39 is 192 Å². The minimum atomic E-state index is -2.03. The summed E-state index contributed by atoms with van der Waals surface area (Å²) < 4.78 is 73.2. The average Bonchev–Trinajstić information content (AvgIpc) is 1.50. The molecule has 28 nitrogen and oxygen atoms in total. The maximum absolute atomic E-state index is 12.4. The summed E-state index contributed by atoms with van der Waals surface area (Å²) in [6, 6.07) is 0. The van der Waals surface area contributed by atoms with Crippen molar-refractivity contribution in [3.63, 3.8) is 0 Å². The number of allylic oxidation sites excluding steroid dienone is 1. The minimum absolute atomic E-state index is 0.0197. The van der Waals surface area contributed by atoms with Gasteiger partial charge in [-0.05, 0) is 98.7 Å². The molecule has 0 bridgehead atoms. The molecule has 0 aromatic rings. The molecule has 28 heteroatoms. The molecular weight excluding hydrogens is 1140 g/mol. The molecular formula is C58H96O28. The summed E-state index contributed by atoms with van der Waals surface area (Å²) in [4.78, 5) is 0. The number of hydrogen-bond acceptors (Lipinski definition) is 28. The molecule has 6 heterocycles. The van der Waals surface area contributed by atoms with E-state index in [0.29, 0.717) is 43.4 Å². The van der Waals surface area contributed by atoms with E-state index in [2.05, 4.69) is 26.8 Å². The van der Waals surface area contributed by atoms with Crippen LogP contribution in [0.5, 0.6) is 0 Å². The van der Waals surface area contributed by atoms with Crippen molar-refractivity contribution < 1.29 is 139 Å². The zero-order valence-corrected chi connectivity index (χ0v) is 49.6. The predicted octanol–water partition coefficient (Wildman–Crippen LogP) is -4.53. The molecule has 3 saturated carbocycles. The molecule has 6 saturated heterocycles. The highest BCUT2D eigenvalue weighted by Crippen LogP contribution is 2.70. The Morgan fingerprint density at radius 1 is 0.558 bits per heavy atom. The third-order valence-corrected chi connectivity index (χ3v) is 21.9. The van der Waals surface area contributed by atoms with Crippen LogP contribution < -0.4 is 0 Å². The van der Waals surface area contributed by atoms with Gasteiger partial charge in [0.1, 0.15) is 116 Å². The topological polar surface area (TPSA) is 434 Å². The first-order valence-electron chi connectivity index (χ1n) is 30.8. The highest BCUT2D eigenvalue weighted by molar-refractivity contribution is 5.26. The summed E-state index contributed by atoms with van der Waals surface area (Å²) >= 11 is 0. The van der Waals surface area contributed by atoms with E-state index in [1.54, 1.807) is 7.11 Å². The van der Waals surface area contributed by atoms with E-state index in [-0.39, 0.29) is 41.3 Å². The van der Waals surface area contributed by atoms with E-state index in [1.165, 1.54) is 12.5 Å². The van der Waals surface area contributed by atoms with Gasteiger partial charge in [-0.15, -0.1) is 0 Å². The van der Waals surface area contributed by atoms with Gasteiger partial charge >= 0.3 is 0 Å². The standard InChI is InChI=1S/C58H96O28/c1-22(21-76-51-43(70)41(68)37(64)31(17-59)79-51)9-14-58(75-6)23(2)35-30(86-58)16-29-27-8-7-25-15-26(10-12-56(25,4)28(27)11-13-57(29,35)5)78-55-50(85-52-44(71)40(67)36(63)24(3)77-52)46(73)48(34(20-62)82-55)83-54-47(74)49(39(66)33(19-61)81-54)84-53-45(72)42(69)38(65)32(18-60)80-53/h7,22-24,26-55,59-74H,8-21H2,1-6H3/t22-,23-,24-,26+,27+,28-,29-,30-,31-,32-,33-,34-,35-,36-,37-,38-,39-,40+,41+,42+,43-,44-,45-,46+,47-,48-,49+,50-,51-,52+,53+,54+,55-,56+,57+,58+/m0/s1. The molecule has 16 N–H and O–H groups in total. The Labute approximate surface area is 499 Å². The van der Waals surface area contributed by atoms with Gasteiger partial charge in [0.15, 0.2) is 37.2 Å². The molecule has 0 aromatic carbocycles. The largest absolute Gasteiger partial charge is 0.394 e. The fourth-order valence-corrected chi connectivity index (χ4v) is 16.8. The van der Waals surface area contributed by atoms with Crippen molar-refractivity contribution in [2.45, 2.75) is 264 Å². The molecule has 86 heavy (non-hydrogen) atoms. The van der Waals surface area contributed by atoms with Gasteiger partial charge in [0.2, 0.25) is 0 Å². The summed E-state index contributed by atoms with van der Waals surface area (Å²) in [7, 11) is 1.70. The van der Waals surface area contributed by atoms with Crippen molar-refractivity contribution in [1.29, 1.82) is 0 Å². The van der Waals surface area contributed by atoms with Gasteiger partial charge in [-0.2, -0.15) is 0 Å². The molecule has 0 spiro atoms. The highest BCUT2D eigenvalue weighted by atomic mass is 16.8. The number of hydrogen-bond donors (Lipinski definition) is 16. The van der Waals surface area contributed by atoms with Crippen molar-refractivity contribution in [2.24, 2.45) is 46.3 Å². The normalized spacial score (nSPS) is 54.3. The molecule has 4 aliphatic carbocycles. The molecule has 0 unspecified atom stereocenters. The van der Waals surface area contributed by atoms with Crippen LogP contribution in [0.4, 0.5) is 0 Å². The molecule has 6 aliphatic heterocycles. The van der Waals surface area contributed by atoms with Crippen LogP contribution in [0.15, 0.2) is 11.6 Å². The number of rotatable bonds is 19. The van der Waals surface area contributed by atoms with E-state index >= 15 is 0 Å². The average molecular weight is 1240 g/mol. The summed E-state index contributed by atoms with van der Waals surface area (Å²) in [5, 5.41) is 171. The first kappa shape index (κ1) is 67.5. The molecule has 10 rings (SSSR count). The van der Waals surface area contributed by atoms with Crippen molar-refractivity contribution in [2.75, 3.05) is 40.1 Å². The lowest BCUT2D eigenvalue weighted by atomic mass is 9.47. The number of aliphatic hydroxyl groups excluding tert-OH is 16. The van der Waals surface area contributed by atoms with Crippen LogP contribution in [0.2, 0.25) is 0 Å². The summed E-state index contributed by atoms with van der Waals surface area (Å²) in [5.41, 5.74) is 1.00. The quantitative estimate of drug-likeness (QED) is 0.0542. The molecule has 0 amide bonds. The van der Waals surface area contributed by atoms with Gasteiger partial charge in [0, 0.05) is 19.4 Å². The van der Waals surface area contributed by atoms with Crippen molar-refractivity contribution in [3.8, 4) is 0 Å². The van der Waals surface area contributed by atoms with Crippen LogP contribution in [-0.4, -0.2) is 293 Å². The van der Waals surface area contributed by atoms with Crippen LogP contribution in [-0.2, 0) is 56.8 Å². The maximum Gasteiger partial charge on any atom is 0.187 e. The van der Waals surface area contributed by atoms with Crippen LogP contribution in [0.1, 0.15) is 92.4 Å². The van der Waals surface area contributed by atoms with Crippen LogP contribution in [0.3, 0.4) is 0 Å². The zero-order chi connectivity index (χ0) is 62.2. The van der Waals surface area contributed by atoms with E-state index in [9.17, 15) is 81.7 Å². The number of fused-ring (bicyclic) bond motifs is 7. The summed E-state index contributed by atoms with van der Waals surface area (Å²) in [6.07, 6.45) is -32.3. The van der Waals surface area contributed by atoms with Gasteiger partial charge in [-0.3, -0.25) is 0 Å². The Kier molecular flexibility index (Phi) is 21.1. The second kappa shape index (κ2) is 26.9. The van der Waals surface area contributed by atoms with Crippen molar-refractivity contribution >= 4 is 0 Å². The Balaban J connectivity index is 0.808. The number of methoxy groups -OCH3 is 1. The third-order valence-electron chi connectivity index (χ3n) is 21.9. The molecule has 0 aromatic heterocycles. The fraction of sp³-hybridized carbons (Fsp3) is 0.966. The first-order valence-corrected chi connectivity index (χ1v) is 30.8. The monoisotopic (exact) mass is 1240 g/mol. The minimum Gasteiger partial charge on any atom is -0.394 e. The first-order chi connectivity index (χ1) is 40.8. The summed E-state index contributed by atoms with van der Waals surface area (Å²) in [5.74, 6) is 0.561. The fourth-order valence-electron chi connectivity index (χ4n) is 16.8. The van der Waals surface area contributed by atoms with E-state index in [0.717, 1.165) is 32.1 Å². The molecule has 36 atom stereocenters. The van der Waals surface area contributed by atoms with E-state index in [1.807, 2.05) is 6.92 Å². The van der Waals surface area contributed by atoms with Gasteiger partial charge in [-0.1, -0.05) is 39.3 Å². The second-order valence-corrected chi connectivity index (χ2v) is 26.8. The molecule has 10 aliphatic rings. The summed E-state index contributed by atoms with van der Waals surface area (Å²) in [6.45, 7) is 7.58.